The molecule has 0 radical (unpaired) electrons. The topological polar surface area (TPSA) is 21.3 Å². The maximum absolute atomic E-state index is 13.8. The molecule has 1 aliphatic rings. The highest BCUT2D eigenvalue weighted by atomic mass is 19.3. The first kappa shape index (κ1) is 12.5. The number of alkyl halides is 2. The summed E-state index contributed by atoms with van der Waals surface area (Å²) in [4.78, 5) is 0. The molecule has 2 unspecified atom stereocenters. The summed E-state index contributed by atoms with van der Waals surface area (Å²) >= 11 is 0. The summed E-state index contributed by atoms with van der Waals surface area (Å²) in [5, 5.41) is 2.90. The Balaban J connectivity index is 1.93. The normalized spacial score (nSPS) is 25.1. The SMILES string of the molecule is CC1OCCC1NCC(F)(F)c1ccccc1. The summed E-state index contributed by atoms with van der Waals surface area (Å²) in [6.45, 7) is 2.22. The molecule has 0 amide bonds. The fourth-order valence-electron chi connectivity index (χ4n) is 2.04. The molecule has 0 bridgehead atoms. The fourth-order valence-corrected chi connectivity index (χ4v) is 2.04. The quantitative estimate of drug-likeness (QED) is 0.874. The number of nitrogens with one attached hydrogen (secondary N) is 1. The van der Waals surface area contributed by atoms with E-state index in [4.69, 9.17) is 4.74 Å². The van der Waals surface area contributed by atoms with Gasteiger partial charge in [-0.1, -0.05) is 30.3 Å². The van der Waals surface area contributed by atoms with Gasteiger partial charge >= 0.3 is 0 Å². The molecule has 2 rings (SSSR count). The first-order valence-corrected chi connectivity index (χ1v) is 5.88. The lowest BCUT2D eigenvalue weighted by Gasteiger charge is -2.22. The molecule has 0 aromatic heterocycles. The van der Waals surface area contributed by atoms with E-state index in [2.05, 4.69) is 5.32 Å². The van der Waals surface area contributed by atoms with Gasteiger partial charge in [0.25, 0.3) is 5.92 Å². The minimum absolute atomic E-state index is 0.0153. The molecule has 1 N–H and O–H groups in total. The maximum Gasteiger partial charge on any atom is 0.285 e. The van der Waals surface area contributed by atoms with Crippen LogP contribution in [0.15, 0.2) is 30.3 Å². The Hall–Kier alpha value is -1.00. The van der Waals surface area contributed by atoms with E-state index < -0.39 is 5.92 Å². The zero-order valence-corrected chi connectivity index (χ0v) is 9.83. The summed E-state index contributed by atoms with van der Waals surface area (Å²) in [5.41, 5.74) is 0.0547. The van der Waals surface area contributed by atoms with Gasteiger partial charge in [-0.25, -0.2) is 0 Å². The van der Waals surface area contributed by atoms with Crippen molar-refractivity contribution >= 4 is 0 Å². The number of halogens is 2. The zero-order chi connectivity index (χ0) is 12.3. The van der Waals surface area contributed by atoms with Gasteiger partial charge in [0.05, 0.1) is 12.6 Å². The van der Waals surface area contributed by atoms with E-state index in [1.807, 2.05) is 6.92 Å². The number of hydrogen-bond donors (Lipinski definition) is 1. The molecule has 1 heterocycles. The molecular weight excluding hydrogens is 224 g/mol. The smallest absolute Gasteiger partial charge is 0.285 e. The molecule has 17 heavy (non-hydrogen) atoms. The highest BCUT2D eigenvalue weighted by Crippen LogP contribution is 2.27. The van der Waals surface area contributed by atoms with Gasteiger partial charge in [-0.2, -0.15) is 8.78 Å². The second-order valence-electron chi connectivity index (χ2n) is 4.42. The van der Waals surface area contributed by atoms with Crippen molar-refractivity contribution in [3.8, 4) is 0 Å². The Bertz CT molecular complexity index is 356. The van der Waals surface area contributed by atoms with Crippen LogP contribution in [0.1, 0.15) is 18.9 Å². The standard InChI is InChI=1S/C13H17F2NO/c1-10-12(7-8-17-10)16-9-13(14,15)11-5-3-2-4-6-11/h2-6,10,12,16H,7-9H2,1H3. The lowest BCUT2D eigenvalue weighted by molar-refractivity contribution is -0.00808. The Morgan fingerprint density at radius 3 is 2.65 bits per heavy atom. The Morgan fingerprint density at radius 2 is 2.06 bits per heavy atom. The van der Waals surface area contributed by atoms with Crippen LogP contribution in [-0.2, 0) is 10.7 Å². The minimum atomic E-state index is -2.83. The van der Waals surface area contributed by atoms with Gasteiger partial charge in [0.2, 0.25) is 0 Å². The molecular formula is C13H17F2NO. The van der Waals surface area contributed by atoms with Crippen molar-refractivity contribution in [1.82, 2.24) is 5.32 Å². The van der Waals surface area contributed by atoms with Crippen LogP contribution in [0, 0.1) is 0 Å². The van der Waals surface area contributed by atoms with Crippen LogP contribution < -0.4 is 5.32 Å². The van der Waals surface area contributed by atoms with Crippen LogP contribution in [0.2, 0.25) is 0 Å². The molecule has 2 nitrogen and oxygen atoms in total. The van der Waals surface area contributed by atoms with Gasteiger partial charge in [-0.15, -0.1) is 0 Å². The van der Waals surface area contributed by atoms with E-state index in [9.17, 15) is 8.78 Å². The fraction of sp³-hybridized carbons (Fsp3) is 0.538. The Kier molecular flexibility index (Phi) is 3.74. The molecule has 0 saturated carbocycles. The second-order valence-corrected chi connectivity index (χ2v) is 4.42. The van der Waals surface area contributed by atoms with E-state index in [0.29, 0.717) is 6.61 Å². The Labute approximate surface area is 100.0 Å². The molecule has 1 aliphatic heterocycles. The summed E-state index contributed by atoms with van der Waals surface area (Å²) in [6.07, 6.45) is 0.813. The van der Waals surface area contributed by atoms with Crippen molar-refractivity contribution in [2.24, 2.45) is 0 Å². The number of hydrogen-bond acceptors (Lipinski definition) is 2. The van der Waals surface area contributed by atoms with E-state index >= 15 is 0 Å². The van der Waals surface area contributed by atoms with Gasteiger partial charge in [-0.05, 0) is 13.3 Å². The zero-order valence-electron chi connectivity index (χ0n) is 9.83. The average molecular weight is 241 g/mol. The van der Waals surface area contributed by atoms with Crippen LogP contribution in [0.25, 0.3) is 0 Å². The summed E-state index contributed by atoms with van der Waals surface area (Å²) < 4.78 is 33.0. The lowest BCUT2D eigenvalue weighted by atomic mass is 10.1. The molecule has 94 valence electrons. The number of benzene rings is 1. The molecule has 1 fully saturated rings. The van der Waals surface area contributed by atoms with Crippen LogP contribution in [0.5, 0.6) is 0 Å². The molecule has 4 heteroatoms. The summed E-state index contributed by atoms with van der Waals surface area (Å²) in [5.74, 6) is -2.83. The predicted molar refractivity (Wildman–Crippen MR) is 62.2 cm³/mol. The highest BCUT2D eigenvalue weighted by molar-refractivity contribution is 5.20. The van der Waals surface area contributed by atoms with Crippen LogP contribution in [0.4, 0.5) is 8.78 Å². The van der Waals surface area contributed by atoms with E-state index in [1.165, 1.54) is 12.1 Å². The molecule has 0 spiro atoms. The van der Waals surface area contributed by atoms with Crippen LogP contribution in [0.3, 0.4) is 0 Å². The first-order valence-electron chi connectivity index (χ1n) is 5.88. The van der Waals surface area contributed by atoms with Crippen LogP contribution in [-0.4, -0.2) is 25.3 Å². The summed E-state index contributed by atoms with van der Waals surface area (Å²) in [6, 6.07) is 7.94. The lowest BCUT2D eigenvalue weighted by Crippen LogP contribution is -2.41. The molecule has 1 saturated heterocycles. The largest absolute Gasteiger partial charge is 0.377 e. The number of ether oxygens (including phenoxy) is 1. The van der Waals surface area contributed by atoms with Crippen molar-refractivity contribution in [3.63, 3.8) is 0 Å². The average Bonchev–Trinajstić information content (AvgIpc) is 2.74. The number of rotatable bonds is 4. The van der Waals surface area contributed by atoms with E-state index in [0.717, 1.165) is 6.42 Å². The van der Waals surface area contributed by atoms with E-state index in [1.54, 1.807) is 18.2 Å². The van der Waals surface area contributed by atoms with Gasteiger partial charge < -0.3 is 10.1 Å². The Morgan fingerprint density at radius 1 is 1.35 bits per heavy atom. The third-order valence-electron chi connectivity index (χ3n) is 3.16. The van der Waals surface area contributed by atoms with Gasteiger partial charge in [0, 0.05) is 18.2 Å². The molecule has 1 aromatic carbocycles. The van der Waals surface area contributed by atoms with E-state index in [-0.39, 0.29) is 24.3 Å². The molecule has 0 aliphatic carbocycles. The van der Waals surface area contributed by atoms with Crippen molar-refractivity contribution in [3.05, 3.63) is 35.9 Å². The van der Waals surface area contributed by atoms with Crippen molar-refractivity contribution in [1.29, 1.82) is 0 Å². The summed E-state index contributed by atoms with van der Waals surface area (Å²) in [7, 11) is 0. The monoisotopic (exact) mass is 241 g/mol. The highest BCUT2D eigenvalue weighted by Gasteiger charge is 2.33. The van der Waals surface area contributed by atoms with Gasteiger partial charge in [0.1, 0.15) is 0 Å². The molecule has 1 aromatic rings. The first-order chi connectivity index (χ1) is 8.09. The minimum Gasteiger partial charge on any atom is -0.377 e. The van der Waals surface area contributed by atoms with Gasteiger partial charge in [-0.3, -0.25) is 0 Å². The predicted octanol–water partition coefficient (Wildman–Crippen LogP) is 2.55. The third-order valence-corrected chi connectivity index (χ3v) is 3.16. The maximum atomic E-state index is 13.8. The second kappa shape index (κ2) is 5.10. The van der Waals surface area contributed by atoms with Crippen molar-refractivity contribution in [2.75, 3.05) is 13.2 Å². The van der Waals surface area contributed by atoms with Gasteiger partial charge in [0.15, 0.2) is 0 Å². The third kappa shape index (κ3) is 3.01. The van der Waals surface area contributed by atoms with Crippen LogP contribution >= 0.6 is 0 Å². The van der Waals surface area contributed by atoms with Crippen molar-refractivity contribution in [2.45, 2.75) is 31.4 Å². The molecule has 2 atom stereocenters. The van der Waals surface area contributed by atoms with Crippen molar-refractivity contribution < 1.29 is 13.5 Å².